The number of aryl methyl sites for hydroxylation is 1. The van der Waals surface area contributed by atoms with Gasteiger partial charge in [0.15, 0.2) is 0 Å². The first-order chi connectivity index (χ1) is 14.5. The van der Waals surface area contributed by atoms with Crippen LogP contribution in [0.5, 0.6) is 0 Å². The van der Waals surface area contributed by atoms with Crippen molar-refractivity contribution in [3.8, 4) is 11.3 Å². The van der Waals surface area contributed by atoms with E-state index < -0.39 is 5.82 Å². The standard InChI is InChI=1S/C22H20FN5O2/c1-3-24-21(29)16-6-14(7-17(23)8-16)12-28-5-4-15-9-20(18-11-26-27-13(18)2)25-10-19(15)22(28)30/h4-11H,3,12H2,1-2H3,(H,24,29)(H,26,27). The number of fused-ring (bicyclic) bond motifs is 1. The van der Waals surface area contributed by atoms with E-state index in [2.05, 4.69) is 20.5 Å². The van der Waals surface area contributed by atoms with Gasteiger partial charge in [0, 0.05) is 35.8 Å². The van der Waals surface area contributed by atoms with Gasteiger partial charge in [0.25, 0.3) is 11.5 Å². The van der Waals surface area contributed by atoms with Crippen LogP contribution in [0, 0.1) is 12.7 Å². The Morgan fingerprint density at radius 1 is 1.23 bits per heavy atom. The largest absolute Gasteiger partial charge is 0.352 e. The number of rotatable bonds is 5. The molecule has 2 N–H and O–H groups in total. The zero-order chi connectivity index (χ0) is 21.3. The maximum absolute atomic E-state index is 14.0. The molecule has 0 aliphatic rings. The van der Waals surface area contributed by atoms with Gasteiger partial charge in [-0.1, -0.05) is 0 Å². The molecule has 1 amide bonds. The first-order valence-corrected chi connectivity index (χ1v) is 9.53. The Bertz CT molecular complexity index is 1310. The number of nitrogens with zero attached hydrogens (tertiary/aromatic N) is 3. The van der Waals surface area contributed by atoms with E-state index in [1.165, 1.54) is 16.7 Å². The molecule has 0 aliphatic carbocycles. The van der Waals surface area contributed by atoms with E-state index in [1.54, 1.807) is 31.6 Å². The molecule has 8 heteroatoms. The molecule has 0 fully saturated rings. The van der Waals surface area contributed by atoms with Gasteiger partial charge in [0.2, 0.25) is 0 Å². The van der Waals surface area contributed by atoms with Crippen molar-refractivity contribution in [3.63, 3.8) is 0 Å². The number of carbonyl (C=O) groups excluding carboxylic acids is 1. The Morgan fingerprint density at radius 3 is 2.80 bits per heavy atom. The Morgan fingerprint density at radius 2 is 2.07 bits per heavy atom. The monoisotopic (exact) mass is 405 g/mol. The highest BCUT2D eigenvalue weighted by Crippen LogP contribution is 2.22. The molecule has 0 saturated carbocycles. The average Bonchev–Trinajstić information content (AvgIpc) is 3.15. The van der Waals surface area contributed by atoms with Crippen LogP contribution in [0.25, 0.3) is 22.0 Å². The Hall–Kier alpha value is -3.81. The number of carbonyl (C=O) groups is 1. The number of hydrogen-bond donors (Lipinski definition) is 2. The fourth-order valence-electron chi connectivity index (χ4n) is 3.39. The number of nitrogens with one attached hydrogen (secondary N) is 2. The molecule has 152 valence electrons. The quantitative estimate of drug-likeness (QED) is 0.534. The van der Waals surface area contributed by atoms with Crippen LogP contribution in [0.1, 0.15) is 28.5 Å². The van der Waals surface area contributed by atoms with Crippen LogP contribution in [0.15, 0.2) is 53.7 Å². The Kier molecular flexibility index (Phi) is 5.14. The van der Waals surface area contributed by atoms with Gasteiger partial charge in [0.05, 0.1) is 23.8 Å². The van der Waals surface area contributed by atoms with E-state index in [4.69, 9.17) is 0 Å². The lowest BCUT2D eigenvalue weighted by Gasteiger charge is -2.10. The van der Waals surface area contributed by atoms with Gasteiger partial charge in [-0.05, 0) is 55.1 Å². The van der Waals surface area contributed by atoms with Crippen molar-refractivity contribution in [2.75, 3.05) is 6.54 Å². The normalized spacial score (nSPS) is 11.0. The predicted molar refractivity (Wildman–Crippen MR) is 112 cm³/mol. The molecule has 0 saturated heterocycles. The van der Waals surface area contributed by atoms with Gasteiger partial charge in [0.1, 0.15) is 5.82 Å². The van der Waals surface area contributed by atoms with Crippen molar-refractivity contribution >= 4 is 16.7 Å². The molecule has 30 heavy (non-hydrogen) atoms. The van der Waals surface area contributed by atoms with Crippen LogP contribution in [0.4, 0.5) is 4.39 Å². The summed E-state index contributed by atoms with van der Waals surface area (Å²) >= 11 is 0. The van der Waals surface area contributed by atoms with Gasteiger partial charge in [-0.15, -0.1) is 0 Å². The van der Waals surface area contributed by atoms with Gasteiger partial charge in [-0.3, -0.25) is 19.7 Å². The highest BCUT2D eigenvalue weighted by atomic mass is 19.1. The molecule has 7 nitrogen and oxygen atoms in total. The molecule has 0 aliphatic heterocycles. The van der Waals surface area contributed by atoms with Crippen LogP contribution in [0.2, 0.25) is 0 Å². The molecule has 0 radical (unpaired) electrons. The van der Waals surface area contributed by atoms with Crippen molar-refractivity contribution in [1.82, 2.24) is 25.1 Å². The smallest absolute Gasteiger partial charge is 0.260 e. The second kappa shape index (κ2) is 7.90. The number of amides is 1. The van der Waals surface area contributed by atoms with Crippen LogP contribution < -0.4 is 10.9 Å². The maximum atomic E-state index is 14.0. The lowest BCUT2D eigenvalue weighted by Crippen LogP contribution is -2.23. The van der Waals surface area contributed by atoms with Crippen molar-refractivity contribution in [2.24, 2.45) is 0 Å². The SMILES string of the molecule is CCNC(=O)c1cc(F)cc(Cn2ccc3cc(-c4cn[nH]c4C)ncc3c2=O)c1. The summed E-state index contributed by atoms with van der Waals surface area (Å²) in [6, 6.07) is 7.76. The Labute approximate surface area is 171 Å². The number of halogens is 1. The van der Waals surface area contributed by atoms with Gasteiger partial charge >= 0.3 is 0 Å². The first-order valence-electron chi connectivity index (χ1n) is 9.53. The zero-order valence-electron chi connectivity index (χ0n) is 16.6. The summed E-state index contributed by atoms with van der Waals surface area (Å²) in [5.74, 6) is -0.875. The van der Waals surface area contributed by atoms with E-state index in [9.17, 15) is 14.0 Å². The van der Waals surface area contributed by atoms with E-state index in [0.29, 0.717) is 17.5 Å². The minimum Gasteiger partial charge on any atom is -0.352 e. The van der Waals surface area contributed by atoms with Crippen LogP contribution >= 0.6 is 0 Å². The van der Waals surface area contributed by atoms with Gasteiger partial charge < -0.3 is 9.88 Å². The highest BCUT2D eigenvalue weighted by molar-refractivity contribution is 5.94. The van der Waals surface area contributed by atoms with Crippen LogP contribution in [0.3, 0.4) is 0 Å². The number of benzene rings is 1. The van der Waals surface area contributed by atoms with Crippen LogP contribution in [-0.4, -0.2) is 32.2 Å². The third-order valence-electron chi connectivity index (χ3n) is 4.88. The van der Waals surface area contributed by atoms with E-state index in [0.717, 1.165) is 22.3 Å². The fraction of sp³-hybridized carbons (Fsp3) is 0.182. The lowest BCUT2D eigenvalue weighted by atomic mass is 10.1. The molecule has 0 spiro atoms. The molecule has 1 aromatic carbocycles. The third-order valence-corrected chi connectivity index (χ3v) is 4.88. The number of aromatic nitrogens is 4. The molecular formula is C22H20FN5O2. The molecule has 0 atom stereocenters. The summed E-state index contributed by atoms with van der Waals surface area (Å²) in [6.45, 7) is 4.28. The molecule has 0 bridgehead atoms. The summed E-state index contributed by atoms with van der Waals surface area (Å²) in [5.41, 5.74) is 3.00. The predicted octanol–water partition coefficient (Wildman–Crippen LogP) is 3.03. The molecular weight excluding hydrogens is 385 g/mol. The first kappa shape index (κ1) is 19.5. The molecule has 3 heterocycles. The van der Waals surface area contributed by atoms with Gasteiger partial charge in [-0.2, -0.15) is 5.10 Å². The summed E-state index contributed by atoms with van der Waals surface area (Å²) < 4.78 is 15.5. The van der Waals surface area contributed by atoms with Gasteiger partial charge in [-0.25, -0.2) is 4.39 Å². The molecule has 4 aromatic rings. The van der Waals surface area contributed by atoms with Crippen molar-refractivity contribution < 1.29 is 9.18 Å². The number of aromatic amines is 1. The second-order valence-corrected chi connectivity index (χ2v) is 7.02. The van der Waals surface area contributed by atoms with Crippen molar-refractivity contribution in [3.05, 3.63) is 81.9 Å². The van der Waals surface area contributed by atoms with Crippen molar-refractivity contribution in [2.45, 2.75) is 20.4 Å². The minimum absolute atomic E-state index is 0.140. The summed E-state index contributed by atoms with van der Waals surface area (Å²) in [6.07, 6.45) is 4.90. The number of hydrogen-bond acceptors (Lipinski definition) is 4. The second-order valence-electron chi connectivity index (χ2n) is 7.02. The zero-order valence-corrected chi connectivity index (χ0v) is 16.6. The van der Waals surface area contributed by atoms with Crippen LogP contribution in [-0.2, 0) is 6.54 Å². The third kappa shape index (κ3) is 3.71. The molecule has 4 rings (SSSR count). The van der Waals surface area contributed by atoms with Crippen molar-refractivity contribution in [1.29, 1.82) is 0 Å². The lowest BCUT2D eigenvalue weighted by molar-refractivity contribution is 0.0955. The average molecular weight is 405 g/mol. The summed E-state index contributed by atoms with van der Waals surface area (Å²) in [7, 11) is 0. The molecule has 0 unspecified atom stereocenters. The van der Waals surface area contributed by atoms with E-state index >= 15 is 0 Å². The fourth-order valence-corrected chi connectivity index (χ4v) is 3.39. The maximum Gasteiger partial charge on any atom is 0.260 e. The summed E-state index contributed by atoms with van der Waals surface area (Å²) in [4.78, 5) is 29.4. The molecule has 3 aromatic heterocycles. The topological polar surface area (TPSA) is 92.7 Å². The van der Waals surface area contributed by atoms with E-state index in [-0.39, 0.29) is 23.6 Å². The highest BCUT2D eigenvalue weighted by Gasteiger charge is 2.12. The Balaban J connectivity index is 1.69. The number of H-pyrrole nitrogens is 1. The summed E-state index contributed by atoms with van der Waals surface area (Å²) in [5, 5.41) is 10.7. The minimum atomic E-state index is -0.524. The number of pyridine rings is 2. The van der Waals surface area contributed by atoms with E-state index in [1.807, 2.05) is 19.1 Å².